The first kappa shape index (κ1) is 17.3. The average molecular weight is 279 g/mol. The minimum Gasteiger partial charge on any atom is -0.464 e. The van der Waals surface area contributed by atoms with Crippen molar-refractivity contribution in [2.75, 3.05) is 6.61 Å². The van der Waals surface area contributed by atoms with Gasteiger partial charge in [-0.15, -0.1) is 5.54 Å². The number of carbonyl (C=O) groups is 2. The molecule has 0 fully saturated rings. The lowest BCUT2D eigenvalue weighted by Crippen LogP contribution is -2.40. The maximum absolute atomic E-state index is 11.6. The van der Waals surface area contributed by atoms with Gasteiger partial charge < -0.3 is 10.1 Å². The Hall–Kier alpha value is -1.72. The molecule has 0 aliphatic carbocycles. The molecule has 1 atom stereocenters. The Morgan fingerprint density at radius 2 is 1.89 bits per heavy atom. The first-order valence-corrected chi connectivity index (χ1v) is 9.70. The number of carbonyl (C=O) groups excluding carboxylic acids is 2. The average Bonchev–Trinajstić information content (AvgIpc) is 2.25. The number of ether oxygens (including phenoxy) is 1. The van der Waals surface area contributed by atoms with Crippen molar-refractivity contribution in [1.82, 2.24) is 5.32 Å². The number of amides is 1. The zero-order valence-corrected chi connectivity index (χ0v) is 13.2. The Kier molecular flexibility index (Phi) is 7.63. The summed E-state index contributed by atoms with van der Waals surface area (Å²) in [5.41, 5.74) is 3.10. The van der Waals surface area contributed by atoms with E-state index in [1.54, 1.807) is 6.92 Å². The molecule has 0 bridgehead atoms. The molecule has 0 aliphatic rings. The van der Waals surface area contributed by atoms with Crippen molar-refractivity contribution in [3.63, 3.8) is 0 Å². The molecule has 1 amide bonds. The van der Waals surface area contributed by atoms with Gasteiger partial charge in [0.15, 0.2) is 0 Å². The first-order valence-electron chi connectivity index (χ1n) is 6.20. The molecular weight excluding hydrogens is 258 g/mol. The quantitative estimate of drug-likeness (QED) is 0.480. The summed E-state index contributed by atoms with van der Waals surface area (Å²) < 4.78 is 4.87. The molecule has 1 unspecified atom stereocenters. The molecule has 0 saturated heterocycles. The summed E-state index contributed by atoms with van der Waals surface area (Å²) >= 11 is 0. The van der Waals surface area contributed by atoms with E-state index in [0.717, 1.165) is 0 Å². The molecule has 0 heterocycles. The lowest BCUT2D eigenvalue weighted by molar-refractivity contribution is -0.147. The zero-order chi connectivity index (χ0) is 14.9. The van der Waals surface area contributed by atoms with Crippen LogP contribution in [0, 0.1) is 23.3 Å². The molecule has 0 aromatic carbocycles. The predicted octanol–water partition coefficient (Wildman–Crippen LogP) is 1.33. The van der Waals surface area contributed by atoms with Gasteiger partial charge in [0.05, 0.1) is 6.61 Å². The number of rotatable bonds is 4. The Balaban J connectivity index is 4.57. The van der Waals surface area contributed by atoms with Gasteiger partial charge in [0, 0.05) is 13.3 Å². The standard InChI is InChI=1S/C14H21NO3Si/c1-6-18-14(17)13(15-12(2)16)10-8-7-9-11-19(3,4)5/h13H,6,10H2,1-5H3,(H,15,16). The monoisotopic (exact) mass is 279 g/mol. The van der Waals surface area contributed by atoms with Crippen LogP contribution in [0.3, 0.4) is 0 Å². The zero-order valence-electron chi connectivity index (χ0n) is 12.2. The third-order valence-corrected chi connectivity index (χ3v) is 2.72. The molecule has 0 saturated carbocycles. The number of hydrogen-bond donors (Lipinski definition) is 1. The predicted molar refractivity (Wildman–Crippen MR) is 77.8 cm³/mol. The van der Waals surface area contributed by atoms with Crippen LogP contribution in [-0.4, -0.2) is 32.6 Å². The lowest BCUT2D eigenvalue weighted by atomic mass is 10.2. The Labute approximate surface area is 116 Å². The van der Waals surface area contributed by atoms with Crippen molar-refractivity contribution in [3.8, 4) is 23.3 Å². The molecule has 5 heteroatoms. The van der Waals surface area contributed by atoms with Gasteiger partial charge in [0.25, 0.3) is 0 Å². The highest BCUT2D eigenvalue weighted by molar-refractivity contribution is 6.83. The van der Waals surface area contributed by atoms with Crippen molar-refractivity contribution in [3.05, 3.63) is 0 Å². The fourth-order valence-corrected chi connectivity index (χ4v) is 1.54. The van der Waals surface area contributed by atoms with E-state index in [1.165, 1.54) is 6.92 Å². The summed E-state index contributed by atoms with van der Waals surface area (Å²) in [6.45, 7) is 9.72. The van der Waals surface area contributed by atoms with Crippen LogP contribution in [-0.2, 0) is 14.3 Å². The Morgan fingerprint density at radius 3 is 2.37 bits per heavy atom. The molecule has 1 N–H and O–H groups in total. The number of hydrogen-bond acceptors (Lipinski definition) is 3. The van der Waals surface area contributed by atoms with E-state index < -0.39 is 20.1 Å². The van der Waals surface area contributed by atoms with E-state index in [9.17, 15) is 9.59 Å². The molecule has 0 radical (unpaired) electrons. The van der Waals surface area contributed by atoms with Gasteiger partial charge >= 0.3 is 5.97 Å². The normalized spacial score (nSPS) is 11.2. The van der Waals surface area contributed by atoms with Crippen molar-refractivity contribution >= 4 is 20.0 Å². The van der Waals surface area contributed by atoms with Crippen LogP contribution in [0.25, 0.3) is 0 Å². The lowest BCUT2D eigenvalue weighted by Gasteiger charge is -2.13. The van der Waals surface area contributed by atoms with Gasteiger partial charge in [0.1, 0.15) is 14.1 Å². The topological polar surface area (TPSA) is 55.4 Å². The van der Waals surface area contributed by atoms with Crippen molar-refractivity contribution in [2.45, 2.75) is 46.0 Å². The minimum atomic E-state index is -1.42. The van der Waals surface area contributed by atoms with Gasteiger partial charge in [0.2, 0.25) is 5.91 Å². The minimum absolute atomic E-state index is 0.207. The molecule has 0 aliphatic heterocycles. The van der Waals surface area contributed by atoms with Gasteiger partial charge in [-0.3, -0.25) is 4.79 Å². The van der Waals surface area contributed by atoms with Gasteiger partial charge in [-0.25, -0.2) is 4.79 Å². The summed E-state index contributed by atoms with van der Waals surface area (Å²) in [4.78, 5) is 22.6. The molecule has 0 rings (SSSR count). The second kappa shape index (κ2) is 8.39. The first-order chi connectivity index (χ1) is 8.76. The largest absolute Gasteiger partial charge is 0.464 e. The number of esters is 1. The van der Waals surface area contributed by atoms with E-state index in [1.807, 2.05) is 0 Å². The fourth-order valence-electron chi connectivity index (χ4n) is 1.10. The van der Waals surface area contributed by atoms with Crippen molar-refractivity contribution in [1.29, 1.82) is 0 Å². The van der Waals surface area contributed by atoms with Gasteiger partial charge in [-0.1, -0.05) is 25.6 Å². The van der Waals surface area contributed by atoms with Crippen LogP contribution in [0.5, 0.6) is 0 Å². The van der Waals surface area contributed by atoms with Crippen LogP contribution in [0.2, 0.25) is 19.6 Å². The van der Waals surface area contributed by atoms with Crippen LogP contribution < -0.4 is 5.32 Å². The van der Waals surface area contributed by atoms with Crippen LogP contribution in [0.1, 0.15) is 20.3 Å². The Bertz CT molecular complexity index is 443. The molecule has 0 spiro atoms. The molecular formula is C14H21NO3Si. The maximum atomic E-state index is 11.6. The fraction of sp³-hybridized carbons (Fsp3) is 0.571. The molecule has 0 aromatic heterocycles. The smallest absolute Gasteiger partial charge is 0.329 e. The molecule has 19 heavy (non-hydrogen) atoms. The highest BCUT2D eigenvalue weighted by Crippen LogP contribution is 1.96. The number of nitrogens with one attached hydrogen (secondary N) is 1. The summed E-state index contributed by atoms with van der Waals surface area (Å²) in [6, 6.07) is -0.723. The third kappa shape index (κ3) is 9.93. The van der Waals surface area contributed by atoms with Crippen molar-refractivity contribution < 1.29 is 14.3 Å². The van der Waals surface area contributed by atoms with Crippen LogP contribution in [0.4, 0.5) is 0 Å². The second-order valence-corrected chi connectivity index (χ2v) is 9.76. The van der Waals surface area contributed by atoms with E-state index in [0.29, 0.717) is 0 Å². The van der Waals surface area contributed by atoms with Crippen LogP contribution in [0.15, 0.2) is 0 Å². The van der Waals surface area contributed by atoms with E-state index >= 15 is 0 Å². The molecule has 4 nitrogen and oxygen atoms in total. The highest BCUT2D eigenvalue weighted by Gasteiger charge is 2.19. The SMILES string of the molecule is CCOC(=O)C(CC#CC#C[Si](C)(C)C)NC(C)=O. The molecule has 0 aromatic rings. The van der Waals surface area contributed by atoms with E-state index in [2.05, 4.69) is 48.3 Å². The third-order valence-electron chi connectivity index (χ3n) is 1.84. The van der Waals surface area contributed by atoms with E-state index in [4.69, 9.17) is 4.74 Å². The summed E-state index contributed by atoms with van der Waals surface area (Å²) in [5.74, 6) is 7.53. The van der Waals surface area contributed by atoms with Crippen molar-refractivity contribution in [2.24, 2.45) is 0 Å². The highest BCUT2D eigenvalue weighted by atomic mass is 28.3. The summed E-state index contributed by atoms with van der Waals surface area (Å²) in [7, 11) is -1.42. The summed E-state index contributed by atoms with van der Waals surface area (Å²) in [5, 5.41) is 2.52. The van der Waals surface area contributed by atoms with Gasteiger partial charge in [-0.05, 0) is 18.8 Å². The van der Waals surface area contributed by atoms with Gasteiger partial charge in [-0.2, -0.15) is 0 Å². The summed E-state index contributed by atoms with van der Waals surface area (Å²) in [6.07, 6.45) is 0.207. The maximum Gasteiger partial charge on any atom is 0.329 e. The molecule has 104 valence electrons. The van der Waals surface area contributed by atoms with Crippen LogP contribution >= 0.6 is 0 Å². The van der Waals surface area contributed by atoms with E-state index in [-0.39, 0.29) is 18.9 Å². The Morgan fingerprint density at radius 1 is 1.26 bits per heavy atom. The second-order valence-electron chi connectivity index (χ2n) is 5.01.